The number of hydrogen-bond acceptors (Lipinski definition) is 7. The first kappa shape index (κ1) is 25.3. The Labute approximate surface area is 219 Å². The van der Waals surface area contributed by atoms with Crippen molar-refractivity contribution in [2.45, 2.75) is 20.0 Å². The molecule has 1 amide bonds. The van der Waals surface area contributed by atoms with E-state index in [1.165, 1.54) is 11.3 Å². The number of carbonyl (C=O) groups excluding carboxylic acids is 2. The zero-order valence-corrected chi connectivity index (χ0v) is 21.6. The number of rotatable bonds is 8. The summed E-state index contributed by atoms with van der Waals surface area (Å²) in [5.74, 6) is -0.227. The van der Waals surface area contributed by atoms with Crippen molar-refractivity contribution >= 4 is 39.2 Å². The van der Waals surface area contributed by atoms with Crippen LogP contribution in [0.3, 0.4) is 0 Å². The molecule has 1 saturated heterocycles. The van der Waals surface area contributed by atoms with Gasteiger partial charge in [0.1, 0.15) is 0 Å². The molecule has 1 aliphatic heterocycles. The number of hydrogen-bond donors (Lipinski definition) is 1. The summed E-state index contributed by atoms with van der Waals surface area (Å²) in [6.07, 6.45) is 1.83. The molecule has 1 N–H and O–H groups in total. The highest BCUT2D eigenvalue weighted by atomic mass is 32.1. The fraction of sp³-hybridized carbons (Fsp3) is 0.321. The van der Waals surface area contributed by atoms with Crippen molar-refractivity contribution in [3.05, 3.63) is 82.5 Å². The molecule has 8 nitrogen and oxygen atoms in total. The van der Waals surface area contributed by atoms with E-state index < -0.39 is 0 Å². The number of aliphatic hydroxyl groups excluding tert-OH is 1. The number of benzene rings is 2. The minimum Gasteiger partial charge on any atom is -0.392 e. The van der Waals surface area contributed by atoms with E-state index in [2.05, 4.69) is 9.88 Å². The summed E-state index contributed by atoms with van der Waals surface area (Å²) in [5, 5.41) is 13.1. The summed E-state index contributed by atoms with van der Waals surface area (Å²) in [5.41, 5.74) is 3.53. The van der Waals surface area contributed by atoms with Crippen molar-refractivity contribution in [3.8, 4) is 0 Å². The Morgan fingerprint density at radius 1 is 1.14 bits per heavy atom. The Balaban J connectivity index is 1.49. The molecule has 37 heavy (non-hydrogen) atoms. The molecule has 2 aromatic carbocycles. The van der Waals surface area contributed by atoms with Gasteiger partial charge in [0.05, 0.1) is 31.8 Å². The molecule has 192 valence electrons. The Kier molecular flexibility index (Phi) is 7.76. The van der Waals surface area contributed by atoms with Gasteiger partial charge in [0.25, 0.3) is 5.91 Å². The zero-order valence-electron chi connectivity index (χ0n) is 20.8. The molecule has 0 radical (unpaired) electrons. The lowest BCUT2D eigenvalue weighted by atomic mass is 10.0. The number of morpholine rings is 1. The standard InChI is InChI=1S/C28H30N4O4S/c1-20-23(18-26(34)31(28-29-9-16-37-28)11-10-30-12-14-36-15-13-30)24-17-21(19-33)7-8-25(24)32(20)27(35)22-5-3-2-4-6-22/h2-9,16-17,33H,10-15,18-19H2,1H3. The average Bonchev–Trinajstić information content (AvgIpc) is 3.56. The first-order valence-electron chi connectivity index (χ1n) is 12.4. The molecule has 5 rings (SSSR count). The van der Waals surface area contributed by atoms with Crippen LogP contribution in [0.1, 0.15) is 27.2 Å². The molecule has 0 atom stereocenters. The maximum atomic E-state index is 13.8. The smallest absolute Gasteiger partial charge is 0.262 e. The third-order valence-electron chi connectivity index (χ3n) is 6.83. The summed E-state index contributed by atoms with van der Waals surface area (Å²) in [6.45, 7) is 6.11. The lowest BCUT2D eigenvalue weighted by Crippen LogP contribution is -2.43. The minimum absolute atomic E-state index is 0.0769. The van der Waals surface area contributed by atoms with Gasteiger partial charge < -0.3 is 9.84 Å². The highest BCUT2D eigenvalue weighted by Crippen LogP contribution is 2.30. The van der Waals surface area contributed by atoms with E-state index in [1.54, 1.807) is 27.8 Å². The minimum atomic E-state index is -0.150. The Morgan fingerprint density at radius 2 is 1.92 bits per heavy atom. The Hall–Kier alpha value is -3.37. The third kappa shape index (κ3) is 5.35. The van der Waals surface area contributed by atoms with Crippen LogP contribution in [0, 0.1) is 6.92 Å². The van der Waals surface area contributed by atoms with Crippen LogP contribution < -0.4 is 4.90 Å². The van der Waals surface area contributed by atoms with Gasteiger partial charge in [0.2, 0.25) is 5.91 Å². The van der Waals surface area contributed by atoms with Crippen LogP contribution in [0.2, 0.25) is 0 Å². The molecule has 0 aliphatic carbocycles. The van der Waals surface area contributed by atoms with Crippen LogP contribution in [0.15, 0.2) is 60.1 Å². The van der Waals surface area contributed by atoms with E-state index in [4.69, 9.17) is 4.74 Å². The third-order valence-corrected chi connectivity index (χ3v) is 7.62. The highest BCUT2D eigenvalue weighted by molar-refractivity contribution is 7.13. The number of carbonyl (C=O) groups is 2. The van der Waals surface area contributed by atoms with Crippen molar-refractivity contribution in [2.75, 3.05) is 44.3 Å². The van der Waals surface area contributed by atoms with Gasteiger partial charge in [-0.2, -0.15) is 0 Å². The van der Waals surface area contributed by atoms with E-state index in [1.807, 2.05) is 48.7 Å². The number of nitrogens with zero attached hydrogens (tertiary/aromatic N) is 4. The van der Waals surface area contributed by atoms with E-state index in [0.29, 0.717) is 30.5 Å². The van der Waals surface area contributed by atoms with Crippen molar-refractivity contribution in [1.82, 2.24) is 14.5 Å². The number of ether oxygens (including phenoxy) is 1. The fourth-order valence-corrected chi connectivity index (χ4v) is 5.50. The molecular formula is C28H30N4O4S. The molecule has 1 fully saturated rings. The summed E-state index contributed by atoms with van der Waals surface area (Å²) in [6, 6.07) is 14.7. The lowest BCUT2D eigenvalue weighted by molar-refractivity contribution is -0.118. The van der Waals surface area contributed by atoms with Crippen LogP contribution in [-0.2, 0) is 22.6 Å². The van der Waals surface area contributed by atoms with Crippen LogP contribution in [0.5, 0.6) is 0 Å². The molecule has 0 bridgehead atoms. The normalized spacial score (nSPS) is 14.2. The summed E-state index contributed by atoms with van der Waals surface area (Å²) in [4.78, 5) is 35.8. The van der Waals surface area contributed by atoms with Crippen LogP contribution in [0.4, 0.5) is 5.13 Å². The zero-order chi connectivity index (χ0) is 25.8. The summed E-state index contributed by atoms with van der Waals surface area (Å²) in [7, 11) is 0. The number of aliphatic hydroxyl groups is 1. The largest absolute Gasteiger partial charge is 0.392 e. The molecule has 0 unspecified atom stereocenters. The molecule has 1 aliphatic rings. The van der Waals surface area contributed by atoms with Gasteiger partial charge in [-0.15, -0.1) is 11.3 Å². The van der Waals surface area contributed by atoms with Gasteiger partial charge in [-0.05, 0) is 42.3 Å². The predicted octanol–water partition coefficient (Wildman–Crippen LogP) is 3.49. The van der Waals surface area contributed by atoms with Crippen molar-refractivity contribution < 1.29 is 19.4 Å². The number of aromatic nitrogens is 2. The Bertz CT molecular complexity index is 1380. The van der Waals surface area contributed by atoms with Crippen molar-refractivity contribution in [3.63, 3.8) is 0 Å². The van der Waals surface area contributed by atoms with E-state index >= 15 is 0 Å². The van der Waals surface area contributed by atoms with Crippen LogP contribution in [0.25, 0.3) is 10.9 Å². The molecule has 4 aromatic rings. The summed E-state index contributed by atoms with van der Waals surface area (Å²) < 4.78 is 7.13. The maximum absolute atomic E-state index is 13.8. The molecule has 0 saturated carbocycles. The molecule has 3 heterocycles. The monoisotopic (exact) mass is 518 g/mol. The molecular weight excluding hydrogens is 488 g/mol. The van der Waals surface area contributed by atoms with Gasteiger partial charge in [0, 0.05) is 54.4 Å². The highest BCUT2D eigenvalue weighted by Gasteiger charge is 2.26. The summed E-state index contributed by atoms with van der Waals surface area (Å²) >= 11 is 1.44. The van der Waals surface area contributed by atoms with E-state index in [0.717, 1.165) is 47.4 Å². The first-order valence-corrected chi connectivity index (χ1v) is 13.3. The second-order valence-electron chi connectivity index (χ2n) is 9.07. The average molecular weight is 519 g/mol. The molecule has 9 heteroatoms. The Morgan fingerprint density at radius 3 is 2.62 bits per heavy atom. The van der Waals surface area contributed by atoms with Gasteiger partial charge in [-0.3, -0.25) is 24.0 Å². The van der Waals surface area contributed by atoms with Gasteiger partial charge >= 0.3 is 0 Å². The van der Waals surface area contributed by atoms with Crippen molar-refractivity contribution in [1.29, 1.82) is 0 Å². The van der Waals surface area contributed by atoms with Gasteiger partial charge in [-0.1, -0.05) is 24.3 Å². The van der Waals surface area contributed by atoms with Gasteiger partial charge in [0.15, 0.2) is 5.13 Å². The maximum Gasteiger partial charge on any atom is 0.262 e. The topological polar surface area (TPSA) is 87.9 Å². The second kappa shape index (κ2) is 11.4. The SMILES string of the molecule is Cc1c(CC(=O)N(CCN2CCOCC2)c2nccs2)c2cc(CO)ccc2n1C(=O)c1ccccc1. The van der Waals surface area contributed by atoms with Crippen LogP contribution in [-0.4, -0.2) is 70.8 Å². The number of thiazole rings is 1. The quantitative estimate of drug-likeness (QED) is 0.384. The van der Waals surface area contributed by atoms with E-state index in [9.17, 15) is 14.7 Å². The molecule has 2 aromatic heterocycles. The number of anilines is 1. The van der Waals surface area contributed by atoms with Gasteiger partial charge in [-0.25, -0.2) is 4.98 Å². The molecule has 0 spiro atoms. The van der Waals surface area contributed by atoms with Crippen molar-refractivity contribution in [2.24, 2.45) is 0 Å². The van der Waals surface area contributed by atoms with Crippen LogP contribution >= 0.6 is 11.3 Å². The lowest BCUT2D eigenvalue weighted by Gasteiger charge is -2.29. The number of fused-ring (bicyclic) bond motifs is 1. The van der Waals surface area contributed by atoms with E-state index in [-0.39, 0.29) is 24.8 Å². The second-order valence-corrected chi connectivity index (χ2v) is 9.94. The number of amides is 1. The fourth-order valence-electron chi connectivity index (χ4n) is 4.81. The predicted molar refractivity (Wildman–Crippen MR) is 144 cm³/mol. The first-order chi connectivity index (χ1) is 18.1.